The zero-order chi connectivity index (χ0) is 13.7. The van der Waals surface area contributed by atoms with Crippen LogP contribution in [0.5, 0.6) is 0 Å². The number of carbonyl (C=O) groups excluding carboxylic acids is 1. The van der Waals surface area contributed by atoms with Crippen LogP contribution >= 0.6 is 11.3 Å². The molecule has 0 aliphatic carbocycles. The monoisotopic (exact) mass is 276 g/mol. The smallest absolute Gasteiger partial charge is 0.271 e. The Morgan fingerprint density at radius 2 is 2.42 bits per heavy atom. The number of hydrogen-bond acceptors (Lipinski definition) is 5. The van der Waals surface area contributed by atoms with Crippen LogP contribution in [0.3, 0.4) is 0 Å². The van der Waals surface area contributed by atoms with Gasteiger partial charge in [0.15, 0.2) is 0 Å². The number of amides is 1. The largest absolute Gasteiger partial charge is 0.344 e. The molecule has 0 saturated carbocycles. The predicted octanol–water partition coefficient (Wildman–Crippen LogP) is 1.53. The highest BCUT2D eigenvalue weighted by molar-refractivity contribution is 7.09. The topological polar surface area (TPSA) is 80.9 Å². The molecule has 1 atom stereocenters. The molecular formula is C13H16N4OS. The molecule has 19 heavy (non-hydrogen) atoms. The van der Waals surface area contributed by atoms with Gasteiger partial charge in [-0.1, -0.05) is 6.07 Å². The summed E-state index contributed by atoms with van der Waals surface area (Å²) in [7, 11) is 0. The second-order valence-corrected chi connectivity index (χ2v) is 5.09. The lowest BCUT2D eigenvalue weighted by Crippen LogP contribution is -2.27. The summed E-state index contributed by atoms with van der Waals surface area (Å²) in [5, 5.41) is 5.55. The molecule has 1 unspecified atom stereocenters. The third-order valence-corrected chi connectivity index (χ3v) is 3.58. The van der Waals surface area contributed by atoms with Crippen LogP contribution in [0.1, 0.15) is 34.0 Å². The summed E-state index contributed by atoms with van der Waals surface area (Å²) in [5.41, 5.74) is 6.88. The van der Waals surface area contributed by atoms with Gasteiger partial charge in [0.1, 0.15) is 5.69 Å². The van der Waals surface area contributed by atoms with E-state index >= 15 is 0 Å². The molecule has 0 spiro atoms. The maximum Gasteiger partial charge on any atom is 0.271 e. The molecule has 0 radical (unpaired) electrons. The molecule has 0 aliphatic heterocycles. The summed E-state index contributed by atoms with van der Waals surface area (Å²) < 4.78 is 0. The fraction of sp³-hybridized carbons (Fsp3) is 0.308. The normalized spacial score (nSPS) is 12.1. The average molecular weight is 276 g/mol. The van der Waals surface area contributed by atoms with Crippen molar-refractivity contribution in [3.8, 4) is 0 Å². The molecule has 0 aliphatic rings. The number of carbonyl (C=O) groups is 1. The lowest BCUT2D eigenvalue weighted by atomic mass is 10.1. The van der Waals surface area contributed by atoms with Gasteiger partial charge in [0.05, 0.1) is 11.0 Å². The van der Waals surface area contributed by atoms with E-state index in [0.29, 0.717) is 18.7 Å². The first-order valence-electron chi connectivity index (χ1n) is 6.06. The fourth-order valence-corrected chi connectivity index (χ4v) is 2.43. The highest BCUT2D eigenvalue weighted by atomic mass is 32.1. The minimum absolute atomic E-state index is 0.0964. The number of nitrogens with one attached hydrogen (secondary N) is 1. The number of nitrogens with two attached hydrogens (primary N) is 1. The molecule has 5 nitrogen and oxygen atoms in total. The van der Waals surface area contributed by atoms with E-state index in [0.717, 1.165) is 10.6 Å². The Morgan fingerprint density at radius 1 is 1.58 bits per heavy atom. The minimum Gasteiger partial charge on any atom is -0.344 e. The summed E-state index contributed by atoms with van der Waals surface area (Å²) >= 11 is 1.46. The first-order chi connectivity index (χ1) is 9.20. The van der Waals surface area contributed by atoms with Gasteiger partial charge >= 0.3 is 0 Å². The number of hydrogen-bond donors (Lipinski definition) is 2. The van der Waals surface area contributed by atoms with Crippen LogP contribution in [0, 0.1) is 0 Å². The standard InChI is InChI=1S/C13H16N4OS/c1-9(10-3-2-6-15-7-10)16-13(18)11-8-19-12(17-11)4-5-14/h2-3,6-9H,4-5,14H2,1H3,(H,16,18). The van der Waals surface area contributed by atoms with Crippen molar-refractivity contribution in [1.29, 1.82) is 0 Å². The highest BCUT2D eigenvalue weighted by Crippen LogP contribution is 2.13. The van der Waals surface area contributed by atoms with Gasteiger partial charge in [0, 0.05) is 24.2 Å². The maximum absolute atomic E-state index is 12.0. The summed E-state index contributed by atoms with van der Waals surface area (Å²) in [5.74, 6) is -0.170. The van der Waals surface area contributed by atoms with E-state index < -0.39 is 0 Å². The third-order valence-electron chi connectivity index (χ3n) is 2.67. The van der Waals surface area contributed by atoms with Crippen LogP contribution in [-0.2, 0) is 6.42 Å². The molecule has 0 fully saturated rings. The van der Waals surface area contributed by atoms with E-state index in [9.17, 15) is 4.79 Å². The Morgan fingerprint density at radius 3 is 3.11 bits per heavy atom. The maximum atomic E-state index is 12.0. The fourth-order valence-electron chi connectivity index (χ4n) is 1.64. The molecule has 2 heterocycles. The van der Waals surface area contributed by atoms with Gasteiger partial charge in [-0.15, -0.1) is 11.3 Å². The van der Waals surface area contributed by atoms with E-state index in [4.69, 9.17) is 5.73 Å². The molecule has 3 N–H and O–H groups in total. The zero-order valence-corrected chi connectivity index (χ0v) is 11.5. The van der Waals surface area contributed by atoms with Gasteiger partial charge in [0.25, 0.3) is 5.91 Å². The summed E-state index contributed by atoms with van der Waals surface area (Å²) in [6, 6.07) is 3.68. The molecule has 0 aromatic carbocycles. The molecule has 6 heteroatoms. The van der Waals surface area contributed by atoms with Crippen LogP contribution in [0.2, 0.25) is 0 Å². The average Bonchev–Trinajstić information content (AvgIpc) is 2.89. The van der Waals surface area contributed by atoms with Crippen LogP contribution in [0.4, 0.5) is 0 Å². The van der Waals surface area contributed by atoms with Crippen LogP contribution in [0.15, 0.2) is 29.9 Å². The van der Waals surface area contributed by atoms with Gasteiger partial charge < -0.3 is 11.1 Å². The second kappa shape index (κ2) is 6.40. The highest BCUT2D eigenvalue weighted by Gasteiger charge is 2.14. The Kier molecular flexibility index (Phi) is 4.59. The van der Waals surface area contributed by atoms with Crippen LogP contribution in [-0.4, -0.2) is 22.4 Å². The van der Waals surface area contributed by atoms with E-state index in [1.807, 2.05) is 19.1 Å². The Bertz CT molecular complexity index is 541. The first kappa shape index (κ1) is 13.6. The van der Waals surface area contributed by atoms with Crippen molar-refractivity contribution in [3.63, 3.8) is 0 Å². The van der Waals surface area contributed by atoms with E-state index in [-0.39, 0.29) is 11.9 Å². The van der Waals surface area contributed by atoms with Crippen molar-refractivity contribution in [3.05, 3.63) is 46.2 Å². The van der Waals surface area contributed by atoms with Crippen molar-refractivity contribution in [2.75, 3.05) is 6.54 Å². The van der Waals surface area contributed by atoms with Crippen molar-refractivity contribution < 1.29 is 4.79 Å². The Balaban J connectivity index is 2.00. The number of aromatic nitrogens is 2. The number of nitrogens with zero attached hydrogens (tertiary/aromatic N) is 2. The molecular weight excluding hydrogens is 260 g/mol. The Hall–Kier alpha value is -1.79. The number of thiazole rings is 1. The van der Waals surface area contributed by atoms with Crippen molar-refractivity contribution >= 4 is 17.2 Å². The van der Waals surface area contributed by atoms with Crippen LogP contribution < -0.4 is 11.1 Å². The first-order valence-corrected chi connectivity index (χ1v) is 6.94. The van der Waals surface area contributed by atoms with Gasteiger partial charge in [0.2, 0.25) is 0 Å². The number of pyridine rings is 1. The minimum atomic E-state index is -0.170. The lowest BCUT2D eigenvalue weighted by molar-refractivity contribution is 0.0935. The third kappa shape index (κ3) is 3.59. The number of rotatable bonds is 5. The SMILES string of the molecule is CC(NC(=O)c1csc(CCN)n1)c1cccnc1. The van der Waals surface area contributed by atoms with Gasteiger partial charge in [-0.05, 0) is 25.1 Å². The van der Waals surface area contributed by atoms with E-state index in [2.05, 4.69) is 15.3 Å². The summed E-state index contributed by atoms with van der Waals surface area (Å²) in [6.07, 6.45) is 4.15. The zero-order valence-electron chi connectivity index (χ0n) is 10.7. The van der Waals surface area contributed by atoms with Crippen LogP contribution in [0.25, 0.3) is 0 Å². The molecule has 0 bridgehead atoms. The van der Waals surface area contributed by atoms with Gasteiger partial charge in [-0.25, -0.2) is 4.98 Å². The second-order valence-electron chi connectivity index (χ2n) is 4.15. The Labute approximate surface area is 115 Å². The van der Waals surface area contributed by atoms with Gasteiger partial charge in [-0.2, -0.15) is 0 Å². The molecule has 0 saturated heterocycles. The lowest BCUT2D eigenvalue weighted by Gasteiger charge is -2.12. The molecule has 100 valence electrons. The van der Waals surface area contributed by atoms with Gasteiger partial charge in [-0.3, -0.25) is 9.78 Å². The molecule has 2 rings (SSSR count). The molecule has 1 amide bonds. The van der Waals surface area contributed by atoms with E-state index in [1.165, 1.54) is 11.3 Å². The van der Waals surface area contributed by atoms with E-state index in [1.54, 1.807) is 17.8 Å². The quantitative estimate of drug-likeness (QED) is 0.867. The van der Waals surface area contributed by atoms with Crippen molar-refractivity contribution in [1.82, 2.24) is 15.3 Å². The summed E-state index contributed by atoms with van der Waals surface area (Å²) in [4.78, 5) is 20.3. The van der Waals surface area contributed by atoms with Crippen molar-refractivity contribution in [2.24, 2.45) is 5.73 Å². The van der Waals surface area contributed by atoms with Crippen molar-refractivity contribution in [2.45, 2.75) is 19.4 Å². The summed E-state index contributed by atoms with van der Waals surface area (Å²) in [6.45, 7) is 2.46. The molecule has 2 aromatic heterocycles. The molecule has 2 aromatic rings. The predicted molar refractivity (Wildman–Crippen MR) is 75.0 cm³/mol.